The standard InChI is InChI=1S/C23H16N4O5/c1-15(28)32-21-12-11-18(27(30)31)13-17(21)14-24-26-22(16-7-3-2-4-8-16)25-20-10-6-5-9-19(20)23(26)29/h2-14H,1H3. The molecule has 1 heterocycles. The van der Waals surface area contributed by atoms with Crippen LogP contribution >= 0.6 is 0 Å². The van der Waals surface area contributed by atoms with Crippen molar-refractivity contribution in [1.29, 1.82) is 0 Å². The van der Waals surface area contributed by atoms with E-state index in [-0.39, 0.29) is 17.0 Å². The molecule has 0 fully saturated rings. The van der Waals surface area contributed by atoms with Crippen LogP contribution < -0.4 is 10.3 Å². The summed E-state index contributed by atoms with van der Waals surface area (Å²) in [7, 11) is 0. The summed E-state index contributed by atoms with van der Waals surface area (Å²) in [6, 6.07) is 19.7. The number of carbonyl (C=O) groups excluding carboxylic acids is 1. The van der Waals surface area contributed by atoms with Gasteiger partial charge in [0, 0.05) is 30.2 Å². The minimum absolute atomic E-state index is 0.0786. The monoisotopic (exact) mass is 428 g/mol. The second-order valence-corrected chi connectivity index (χ2v) is 6.75. The molecule has 1 aromatic heterocycles. The molecule has 0 bridgehead atoms. The summed E-state index contributed by atoms with van der Waals surface area (Å²) in [5.74, 6) is -0.219. The first kappa shape index (κ1) is 20.6. The van der Waals surface area contributed by atoms with Crippen molar-refractivity contribution < 1.29 is 14.5 Å². The molecule has 0 saturated heterocycles. The third-order valence-electron chi connectivity index (χ3n) is 4.56. The summed E-state index contributed by atoms with van der Waals surface area (Å²) in [5, 5.41) is 15.8. The van der Waals surface area contributed by atoms with Gasteiger partial charge in [0.2, 0.25) is 0 Å². The minimum atomic E-state index is -0.594. The number of non-ortho nitro benzene ring substituents is 1. The first-order chi connectivity index (χ1) is 15.4. The number of aromatic nitrogens is 2. The van der Waals surface area contributed by atoms with Gasteiger partial charge < -0.3 is 4.74 Å². The molecule has 0 unspecified atom stereocenters. The van der Waals surface area contributed by atoms with Crippen LogP contribution in [-0.4, -0.2) is 26.8 Å². The molecule has 0 aliphatic carbocycles. The van der Waals surface area contributed by atoms with E-state index < -0.39 is 16.5 Å². The Balaban J connectivity index is 1.92. The number of nitro groups is 1. The SMILES string of the molecule is CC(=O)Oc1ccc([N+](=O)[O-])cc1C=Nn1c(-c2ccccc2)nc2ccccc2c1=O. The van der Waals surface area contributed by atoms with Crippen LogP contribution in [0.1, 0.15) is 12.5 Å². The smallest absolute Gasteiger partial charge is 0.308 e. The van der Waals surface area contributed by atoms with E-state index in [0.29, 0.717) is 22.3 Å². The number of ether oxygens (including phenoxy) is 1. The lowest BCUT2D eigenvalue weighted by Gasteiger charge is -2.10. The van der Waals surface area contributed by atoms with Gasteiger partial charge in [-0.15, -0.1) is 0 Å². The summed E-state index contributed by atoms with van der Waals surface area (Å²) in [6.07, 6.45) is 1.23. The van der Waals surface area contributed by atoms with E-state index in [1.807, 2.05) is 18.2 Å². The fourth-order valence-electron chi connectivity index (χ4n) is 3.12. The van der Waals surface area contributed by atoms with Gasteiger partial charge in [0.15, 0.2) is 5.82 Å². The van der Waals surface area contributed by atoms with Crippen molar-refractivity contribution in [1.82, 2.24) is 9.66 Å². The molecule has 3 aromatic carbocycles. The average Bonchev–Trinajstić information content (AvgIpc) is 2.79. The lowest BCUT2D eigenvalue weighted by atomic mass is 10.2. The summed E-state index contributed by atoms with van der Waals surface area (Å²) in [4.78, 5) is 39.8. The van der Waals surface area contributed by atoms with Crippen molar-refractivity contribution in [2.24, 2.45) is 5.10 Å². The van der Waals surface area contributed by atoms with Gasteiger partial charge in [-0.25, -0.2) is 4.98 Å². The Labute approximate surface area is 181 Å². The zero-order valence-corrected chi connectivity index (χ0v) is 16.8. The van der Waals surface area contributed by atoms with E-state index >= 15 is 0 Å². The molecule has 0 N–H and O–H groups in total. The Morgan fingerprint density at radius 2 is 1.81 bits per heavy atom. The molecule has 0 saturated carbocycles. The number of fused-ring (bicyclic) bond motifs is 1. The number of nitro benzene ring substituents is 1. The number of esters is 1. The van der Waals surface area contributed by atoms with Gasteiger partial charge in [-0.1, -0.05) is 42.5 Å². The third kappa shape index (κ3) is 4.12. The van der Waals surface area contributed by atoms with Gasteiger partial charge >= 0.3 is 5.97 Å². The van der Waals surface area contributed by atoms with Crippen LogP contribution in [0.3, 0.4) is 0 Å². The number of para-hydroxylation sites is 1. The molecule has 4 rings (SSSR count). The fourth-order valence-corrected chi connectivity index (χ4v) is 3.12. The normalized spacial score (nSPS) is 11.0. The number of carbonyl (C=O) groups is 1. The number of hydrogen-bond donors (Lipinski definition) is 0. The van der Waals surface area contributed by atoms with Crippen molar-refractivity contribution in [2.45, 2.75) is 6.92 Å². The van der Waals surface area contributed by atoms with Gasteiger partial charge in [-0.3, -0.25) is 19.7 Å². The van der Waals surface area contributed by atoms with Crippen molar-refractivity contribution in [3.8, 4) is 17.1 Å². The number of benzene rings is 3. The number of hydrogen-bond acceptors (Lipinski definition) is 7. The highest BCUT2D eigenvalue weighted by molar-refractivity contribution is 5.87. The van der Waals surface area contributed by atoms with Gasteiger partial charge in [-0.05, 0) is 18.2 Å². The maximum Gasteiger partial charge on any atom is 0.308 e. The van der Waals surface area contributed by atoms with Crippen LogP contribution in [0.5, 0.6) is 5.75 Å². The lowest BCUT2D eigenvalue weighted by Crippen LogP contribution is -2.20. The van der Waals surface area contributed by atoms with Gasteiger partial charge in [0.25, 0.3) is 11.2 Å². The van der Waals surface area contributed by atoms with Crippen LogP contribution in [-0.2, 0) is 4.79 Å². The van der Waals surface area contributed by atoms with E-state index in [0.717, 1.165) is 4.68 Å². The van der Waals surface area contributed by atoms with E-state index in [4.69, 9.17) is 4.74 Å². The molecule has 0 aliphatic heterocycles. The van der Waals surface area contributed by atoms with E-state index in [2.05, 4.69) is 10.1 Å². The summed E-state index contributed by atoms with van der Waals surface area (Å²) < 4.78 is 6.25. The predicted molar refractivity (Wildman–Crippen MR) is 119 cm³/mol. The third-order valence-corrected chi connectivity index (χ3v) is 4.56. The highest BCUT2D eigenvalue weighted by atomic mass is 16.6. The van der Waals surface area contributed by atoms with Crippen molar-refractivity contribution in [2.75, 3.05) is 0 Å². The van der Waals surface area contributed by atoms with E-state index in [9.17, 15) is 19.7 Å². The van der Waals surface area contributed by atoms with Gasteiger partial charge in [-0.2, -0.15) is 9.78 Å². The Morgan fingerprint density at radius 3 is 2.53 bits per heavy atom. The molecule has 32 heavy (non-hydrogen) atoms. The number of nitrogens with zero attached hydrogens (tertiary/aromatic N) is 4. The Kier molecular flexibility index (Phi) is 5.54. The molecule has 0 aliphatic rings. The molecule has 0 atom stereocenters. The Morgan fingerprint density at radius 1 is 1.09 bits per heavy atom. The second-order valence-electron chi connectivity index (χ2n) is 6.75. The zero-order valence-electron chi connectivity index (χ0n) is 16.8. The quantitative estimate of drug-likeness (QED) is 0.157. The first-order valence-electron chi connectivity index (χ1n) is 9.52. The second kappa shape index (κ2) is 8.60. The molecule has 0 amide bonds. The molecular weight excluding hydrogens is 412 g/mol. The molecule has 9 nitrogen and oxygen atoms in total. The minimum Gasteiger partial charge on any atom is -0.426 e. The van der Waals surface area contributed by atoms with Crippen molar-refractivity contribution in [3.63, 3.8) is 0 Å². The van der Waals surface area contributed by atoms with E-state index in [1.165, 1.54) is 31.3 Å². The highest BCUT2D eigenvalue weighted by Crippen LogP contribution is 2.24. The molecular formula is C23H16N4O5. The highest BCUT2D eigenvalue weighted by Gasteiger charge is 2.14. The Hall–Kier alpha value is -4.66. The molecule has 0 radical (unpaired) electrons. The van der Waals surface area contributed by atoms with Crippen LogP contribution in [0.2, 0.25) is 0 Å². The summed E-state index contributed by atoms with van der Waals surface area (Å²) in [6.45, 7) is 1.22. The summed E-state index contributed by atoms with van der Waals surface area (Å²) in [5.41, 5.74) is 0.707. The maximum absolute atomic E-state index is 13.2. The largest absolute Gasteiger partial charge is 0.426 e. The zero-order chi connectivity index (χ0) is 22.7. The Bertz CT molecular complexity index is 1430. The number of rotatable bonds is 5. The molecule has 9 heteroatoms. The van der Waals surface area contributed by atoms with Crippen molar-refractivity contribution in [3.05, 3.63) is 98.8 Å². The fraction of sp³-hybridized carbons (Fsp3) is 0.0435. The van der Waals surface area contributed by atoms with Crippen LogP contribution in [0, 0.1) is 10.1 Å². The van der Waals surface area contributed by atoms with Crippen LogP contribution in [0.4, 0.5) is 5.69 Å². The van der Waals surface area contributed by atoms with E-state index in [1.54, 1.807) is 36.4 Å². The maximum atomic E-state index is 13.2. The van der Waals surface area contributed by atoms with Crippen LogP contribution in [0.25, 0.3) is 22.3 Å². The molecule has 158 valence electrons. The van der Waals surface area contributed by atoms with Crippen LogP contribution in [0.15, 0.2) is 82.7 Å². The lowest BCUT2D eigenvalue weighted by molar-refractivity contribution is -0.384. The topological polar surface area (TPSA) is 117 Å². The van der Waals surface area contributed by atoms with Gasteiger partial charge in [0.1, 0.15) is 5.75 Å². The summed E-state index contributed by atoms with van der Waals surface area (Å²) >= 11 is 0. The van der Waals surface area contributed by atoms with Gasteiger partial charge in [0.05, 0.1) is 22.0 Å². The average molecular weight is 428 g/mol. The predicted octanol–water partition coefficient (Wildman–Crippen LogP) is 3.78. The molecule has 4 aromatic rings. The first-order valence-corrected chi connectivity index (χ1v) is 9.52. The van der Waals surface area contributed by atoms with Crippen molar-refractivity contribution >= 4 is 28.8 Å². The molecule has 0 spiro atoms.